The molecule has 1 atom stereocenters. The summed E-state index contributed by atoms with van der Waals surface area (Å²) in [7, 11) is 1.64. The van der Waals surface area contributed by atoms with Crippen LogP contribution in [0.2, 0.25) is 0 Å². The van der Waals surface area contributed by atoms with Gasteiger partial charge in [-0.15, -0.1) is 0 Å². The minimum absolute atomic E-state index is 0.0231. The maximum atomic E-state index is 12.9. The highest BCUT2D eigenvalue weighted by molar-refractivity contribution is 5.97. The standard InChI is InChI=1S/C17H22N2O4/c1-11-18-14-7-12(5-6-15(14)22-11)16(20)19-8-13(9-21-4)23-17(2,3)10-19/h5-7,13H,8-10H2,1-4H3/t13-/m1/s1. The molecule has 6 nitrogen and oxygen atoms in total. The highest BCUT2D eigenvalue weighted by Crippen LogP contribution is 2.24. The summed E-state index contributed by atoms with van der Waals surface area (Å²) < 4.78 is 16.6. The van der Waals surface area contributed by atoms with Gasteiger partial charge in [0.2, 0.25) is 0 Å². The molecule has 0 bridgehead atoms. The van der Waals surface area contributed by atoms with Crippen LogP contribution in [-0.2, 0) is 9.47 Å². The van der Waals surface area contributed by atoms with Crippen molar-refractivity contribution in [2.75, 3.05) is 26.8 Å². The van der Waals surface area contributed by atoms with Gasteiger partial charge in [0.1, 0.15) is 5.52 Å². The largest absolute Gasteiger partial charge is 0.441 e. The summed E-state index contributed by atoms with van der Waals surface area (Å²) in [6.45, 7) is 7.29. The van der Waals surface area contributed by atoms with Gasteiger partial charge in [-0.3, -0.25) is 4.79 Å². The Balaban J connectivity index is 1.84. The van der Waals surface area contributed by atoms with Gasteiger partial charge in [-0.1, -0.05) is 0 Å². The molecule has 1 aromatic carbocycles. The van der Waals surface area contributed by atoms with Gasteiger partial charge in [-0.25, -0.2) is 4.98 Å². The summed E-state index contributed by atoms with van der Waals surface area (Å²) in [6.07, 6.45) is -0.120. The van der Waals surface area contributed by atoms with Crippen LogP contribution in [0, 0.1) is 6.92 Å². The summed E-state index contributed by atoms with van der Waals surface area (Å²) in [6, 6.07) is 5.35. The van der Waals surface area contributed by atoms with E-state index in [1.165, 1.54) is 0 Å². The number of aromatic nitrogens is 1. The second-order valence-corrected chi connectivity index (χ2v) is 6.56. The zero-order chi connectivity index (χ0) is 16.6. The fourth-order valence-corrected chi connectivity index (χ4v) is 3.08. The number of carbonyl (C=O) groups is 1. The molecule has 6 heteroatoms. The Hall–Kier alpha value is -1.92. The SMILES string of the molecule is COC[C@H]1CN(C(=O)c2ccc3oc(C)nc3c2)CC(C)(C)O1. The third-order valence-corrected chi connectivity index (χ3v) is 3.86. The topological polar surface area (TPSA) is 64.8 Å². The van der Waals surface area contributed by atoms with E-state index in [1.807, 2.05) is 18.7 Å². The zero-order valence-corrected chi connectivity index (χ0v) is 14.0. The monoisotopic (exact) mass is 318 g/mol. The zero-order valence-electron chi connectivity index (χ0n) is 14.0. The van der Waals surface area contributed by atoms with Crippen molar-refractivity contribution in [2.24, 2.45) is 0 Å². The van der Waals surface area contributed by atoms with E-state index >= 15 is 0 Å². The van der Waals surface area contributed by atoms with Crippen molar-refractivity contribution < 1.29 is 18.7 Å². The lowest BCUT2D eigenvalue weighted by Crippen LogP contribution is -2.55. The van der Waals surface area contributed by atoms with E-state index in [0.717, 1.165) is 0 Å². The van der Waals surface area contributed by atoms with E-state index in [-0.39, 0.29) is 12.0 Å². The van der Waals surface area contributed by atoms with Crippen LogP contribution >= 0.6 is 0 Å². The van der Waals surface area contributed by atoms with Gasteiger partial charge >= 0.3 is 0 Å². The van der Waals surface area contributed by atoms with Gasteiger partial charge in [-0.05, 0) is 32.0 Å². The van der Waals surface area contributed by atoms with Gasteiger partial charge in [0.05, 0.1) is 18.3 Å². The minimum Gasteiger partial charge on any atom is -0.441 e. The lowest BCUT2D eigenvalue weighted by Gasteiger charge is -2.42. The Bertz CT molecular complexity index is 722. The normalized spacial score (nSPS) is 20.9. The first-order valence-electron chi connectivity index (χ1n) is 7.71. The molecule has 0 radical (unpaired) electrons. The fraction of sp³-hybridized carbons (Fsp3) is 0.529. The first-order valence-corrected chi connectivity index (χ1v) is 7.71. The Morgan fingerprint density at radius 2 is 2.26 bits per heavy atom. The highest BCUT2D eigenvalue weighted by atomic mass is 16.5. The number of morpholine rings is 1. The number of ether oxygens (including phenoxy) is 2. The third-order valence-electron chi connectivity index (χ3n) is 3.86. The molecule has 0 aliphatic carbocycles. The molecular formula is C17H22N2O4. The maximum Gasteiger partial charge on any atom is 0.254 e. The average Bonchev–Trinajstić information content (AvgIpc) is 2.84. The molecule has 0 saturated carbocycles. The molecule has 124 valence electrons. The fourth-order valence-electron chi connectivity index (χ4n) is 3.08. The van der Waals surface area contributed by atoms with Gasteiger partial charge in [0, 0.05) is 32.7 Å². The van der Waals surface area contributed by atoms with Crippen molar-refractivity contribution >= 4 is 17.0 Å². The Morgan fingerprint density at radius 3 is 3.00 bits per heavy atom. The molecular weight excluding hydrogens is 296 g/mol. The molecule has 3 rings (SSSR count). The molecule has 23 heavy (non-hydrogen) atoms. The number of amides is 1. The predicted molar refractivity (Wildman–Crippen MR) is 85.5 cm³/mol. The molecule has 1 aromatic heterocycles. The van der Waals surface area contributed by atoms with Crippen LogP contribution in [-0.4, -0.2) is 54.3 Å². The van der Waals surface area contributed by atoms with Crippen LogP contribution in [0.4, 0.5) is 0 Å². The molecule has 1 amide bonds. The number of benzene rings is 1. The van der Waals surface area contributed by atoms with Gasteiger partial charge in [0.15, 0.2) is 11.5 Å². The van der Waals surface area contributed by atoms with Crippen LogP contribution in [0.1, 0.15) is 30.1 Å². The van der Waals surface area contributed by atoms with Crippen LogP contribution in [0.15, 0.2) is 22.6 Å². The number of methoxy groups -OCH3 is 1. The van der Waals surface area contributed by atoms with Crippen molar-refractivity contribution in [3.63, 3.8) is 0 Å². The first kappa shape index (κ1) is 16.0. The molecule has 2 aromatic rings. The third kappa shape index (κ3) is 3.38. The Labute approximate surface area is 135 Å². The Kier molecular flexibility index (Phi) is 4.12. The molecule has 1 saturated heterocycles. The molecule has 1 fully saturated rings. The average molecular weight is 318 g/mol. The molecule has 0 N–H and O–H groups in total. The second kappa shape index (κ2) is 5.94. The predicted octanol–water partition coefficient (Wildman–Crippen LogP) is 2.40. The summed E-state index contributed by atoms with van der Waals surface area (Å²) in [5.41, 5.74) is 1.61. The van der Waals surface area contributed by atoms with Gasteiger partial charge < -0.3 is 18.8 Å². The lowest BCUT2D eigenvalue weighted by molar-refractivity contribution is -0.143. The van der Waals surface area contributed by atoms with Gasteiger partial charge in [-0.2, -0.15) is 0 Å². The van der Waals surface area contributed by atoms with Crippen molar-refractivity contribution in [1.29, 1.82) is 0 Å². The van der Waals surface area contributed by atoms with Crippen LogP contribution in [0.5, 0.6) is 0 Å². The summed E-state index contributed by atoms with van der Waals surface area (Å²) in [5, 5.41) is 0. The lowest BCUT2D eigenvalue weighted by atomic mass is 10.0. The number of oxazole rings is 1. The molecule has 2 heterocycles. The summed E-state index contributed by atoms with van der Waals surface area (Å²) in [4.78, 5) is 19.0. The van der Waals surface area contributed by atoms with E-state index < -0.39 is 5.60 Å². The van der Waals surface area contributed by atoms with Crippen LogP contribution in [0.25, 0.3) is 11.1 Å². The number of hydrogen-bond donors (Lipinski definition) is 0. The van der Waals surface area contributed by atoms with E-state index in [4.69, 9.17) is 13.9 Å². The molecule has 1 aliphatic rings. The minimum atomic E-state index is -0.397. The number of hydrogen-bond acceptors (Lipinski definition) is 5. The van der Waals surface area contributed by atoms with Crippen molar-refractivity contribution in [3.05, 3.63) is 29.7 Å². The molecule has 0 unspecified atom stereocenters. The van der Waals surface area contributed by atoms with Crippen molar-refractivity contribution in [1.82, 2.24) is 9.88 Å². The summed E-state index contributed by atoms with van der Waals surface area (Å²) in [5.74, 6) is 0.572. The number of rotatable bonds is 3. The maximum absolute atomic E-state index is 12.9. The number of fused-ring (bicyclic) bond motifs is 1. The van der Waals surface area contributed by atoms with Gasteiger partial charge in [0.25, 0.3) is 5.91 Å². The Morgan fingerprint density at radius 1 is 1.48 bits per heavy atom. The van der Waals surface area contributed by atoms with Crippen LogP contribution in [0.3, 0.4) is 0 Å². The van der Waals surface area contributed by atoms with E-state index in [0.29, 0.717) is 42.3 Å². The first-order chi connectivity index (χ1) is 10.9. The van der Waals surface area contributed by atoms with E-state index in [9.17, 15) is 4.79 Å². The number of carbonyl (C=O) groups excluding carboxylic acids is 1. The summed E-state index contributed by atoms with van der Waals surface area (Å²) >= 11 is 0. The smallest absolute Gasteiger partial charge is 0.254 e. The second-order valence-electron chi connectivity index (χ2n) is 6.56. The quantitative estimate of drug-likeness (QED) is 0.869. The molecule has 0 spiro atoms. The highest BCUT2D eigenvalue weighted by Gasteiger charge is 2.36. The van der Waals surface area contributed by atoms with Crippen molar-refractivity contribution in [2.45, 2.75) is 32.5 Å². The van der Waals surface area contributed by atoms with E-state index in [1.54, 1.807) is 32.2 Å². The van der Waals surface area contributed by atoms with Crippen molar-refractivity contribution in [3.8, 4) is 0 Å². The number of nitrogens with zero attached hydrogens (tertiary/aromatic N) is 2. The van der Waals surface area contributed by atoms with Crippen LogP contribution < -0.4 is 0 Å². The number of aryl methyl sites for hydroxylation is 1. The van der Waals surface area contributed by atoms with E-state index in [2.05, 4.69) is 4.98 Å². The molecule has 1 aliphatic heterocycles.